The molecule has 3 unspecified atom stereocenters. The largest absolute Gasteiger partial charge is 0.390 e. The molecular weight excluding hydrogens is 168 g/mol. The fourth-order valence-electron chi connectivity index (χ4n) is 1.58. The van der Waals surface area contributed by atoms with Crippen LogP contribution in [0.4, 0.5) is 0 Å². The van der Waals surface area contributed by atoms with Crippen molar-refractivity contribution in [3.05, 3.63) is 0 Å². The van der Waals surface area contributed by atoms with Crippen molar-refractivity contribution in [1.82, 2.24) is 0 Å². The van der Waals surface area contributed by atoms with Crippen molar-refractivity contribution in [2.45, 2.75) is 58.3 Å². The van der Waals surface area contributed by atoms with Crippen LogP contribution in [0.15, 0.2) is 0 Å². The molecule has 0 amide bonds. The first-order valence-electron chi connectivity index (χ1n) is 4.89. The number of rotatable bonds is 5. The molecule has 13 heavy (non-hydrogen) atoms. The summed E-state index contributed by atoms with van der Waals surface area (Å²) in [6, 6.07) is 0. The van der Waals surface area contributed by atoms with Gasteiger partial charge in [-0.15, -0.1) is 0 Å². The zero-order chi connectivity index (χ0) is 10.6. The van der Waals surface area contributed by atoms with Crippen LogP contribution in [0.1, 0.15) is 40.5 Å². The van der Waals surface area contributed by atoms with Crippen molar-refractivity contribution >= 4 is 0 Å². The highest BCUT2D eigenvalue weighted by atomic mass is 16.4. The van der Waals surface area contributed by atoms with E-state index >= 15 is 0 Å². The minimum absolute atomic E-state index is 0.300. The summed E-state index contributed by atoms with van der Waals surface area (Å²) in [6.07, 6.45) is -0.950. The van der Waals surface area contributed by atoms with Crippen LogP contribution in [0.3, 0.4) is 0 Å². The Morgan fingerprint density at radius 2 is 1.69 bits per heavy atom. The second-order valence-electron chi connectivity index (χ2n) is 4.38. The van der Waals surface area contributed by atoms with Gasteiger partial charge in [0.05, 0.1) is 11.7 Å². The lowest BCUT2D eigenvalue weighted by molar-refractivity contribution is -0.124. The highest BCUT2D eigenvalue weighted by Gasteiger charge is 2.35. The summed E-state index contributed by atoms with van der Waals surface area (Å²) in [6.45, 7) is 7.29. The van der Waals surface area contributed by atoms with E-state index < -0.39 is 17.8 Å². The first kappa shape index (κ1) is 12.9. The second-order valence-corrected chi connectivity index (χ2v) is 4.38. The van der Waals surface area contributed by atoms with Gasteiger partial charge in [0.15, 0.2) is 0 Å². The highest BCUT2D eigenvalue weighted by molar-refractivity contribution is 4.86. The summed E-state index contributed by atoms with van der Waals surface area (Å²) in [7, 11) is 0. The Kier molecular flexibility index (Phi) is 4.89. The van der Waals surface area contributed by atoms with Crippen molar-refractivity contribution in [3.63, 3.8) is 0 Å². The molecule has 3 heteroatoms. The molecule has 0 bridgehead atoms. The fraction of sp³-hybridized carbons (Fsp3) is 1.00. The summed E-state index contributed by atoms with van der Waals surface area (Å²) < 4.78 is 0. The third kappa shape index (κ3) is 4.07. The van der Waals surface area contributed by atoms with Gasteiger partial charge in [0.25, 0.3) is 0 Å². The summed E-state index contributed by atoms with van der Waals surface area (Å²) in [5.41, 5.74) is -1.19. The Morgan fingerprint density at radius 1 is 1.23 bits per heavy atom. The minimum Gasteiger partial charge on any atom is -0.390 e. The predicted octanol–water partition coefficient (Wildman–Crippen LogP) is 0.915. The lowest BCUT2D eigenvalue weighted by Gasteiger charge is -2.33. The summed E-state index contributed by atoms with van der Waals surface area (Å²) >= 11 is 0. The van der Waals surface area contributed by atoms with Crippen LogP contribution in [0.25, 0.3) is 0 Å². The van der Waals surface area contributed by atoms with E-state index in [4.69, 9.17) is 0 Å². The second kappa shape index (κ2) is 4.94. The minimum atomic E-state index is -1.19. The predicted molar refractivity (Wildman–Crippen MR) is 52.4 cm³/mol. The molecule has 0 spiro atoms. The van der Waals surface area contributed by atoms with Gasteiger partial charge in [-0.1, -0.05) is 20.8 Å². The maximum absolute atomic E-state index is 9.84. The third-order valence-electron chi connectivity index (χ3n) is 2.24. The van der Waals surface area contributed by atoms with Gasteiger partial charge in [0, 0.05) is 0 Å². The Balaban J connectivity index is 4.25. The van der Waals surface area contributed by atoms with Crippen molar-refractivity contribution in [2.75, 3.05) is 0 Å². The first-order valence-corrected chi connectivity index (χ1v) is 4.89. The summed E-state index contributed by atoms with van der Waals surface area (Å²) in [5.74, 6) is 0.300. The van der Waals surface area contributed by atoms with E-state index in [1.807, 2.05) is 13.8 Å². The molecule has 0 aliphatic rings. The molecule has 0 aliphatic carbocycles. The Hall–Kier alpha value is -0.120. The van der Waals surface area contributed by atoms with Crippen LogP contribution in [-0.2, 0) is 0 Å². The fourth-order valence-corrected chi connectivity index (χ4v) is 1.58. The van der Waals surface area contributed by atoms with Crippen molar-refractivity contribution < 1.29 is 15.3 Å². The van der Waals surface area contributed by atoms with E-state index in [0.717, 1.165) is 0 Å². The van der Waals surface area contributed by atoms with Gasteiger partial charge < -0.3 is 15.3 Å². The average Bonchev–Trinajstić information content (AvgIpc) is 1.99. The number of aliphatic hydroxyl groups is 3. The van der Waals surface area contributed by atoms with Gasteiger partial charge in [-0.2, -0.15) is 0 Å². The number of aliphatic hydroxyl groups excluding tert-OH is 2. The molecule has 0 rings (SSSR count). The summed E-state index contributed by atoms with van der Waals surface area (Å²) in [5, 5.41) is 28.8. The van der Waals surface area contributed by atoms with E-state index in [0.29, 0.717) is 18.8 Å². The maximum Gasteiger partial charge on any atom is 0.108 e. The first-order chi connectivity index (χ1) is 5.81. The van der Waals surface area contributed by atoms with Gasteiger partial charge in [0.2, 0.25) is 0 Å². The van der Waals surface area contributed by atoms with Gasteiger partial charge in [-0.3, -0.25) is 0 Å². The van der Waals surface area contributed by atoms with Gasteiger partial charge in [0.1, 0.15) is 6.10 Å². The van der Waals surface area contributed by atoms with Crippen LogP contribution in [0.5, 0.6) is 0 Å². The molecule has 0 radical (unpaired) electrons. The van der Waals surface area contributed by atoms with E-state index in [-0.39, 0.29) is 0 Å². The maximum atomic E-state index is 9.84. The average molecular weight is 190 g/mol. The topological polar surface area (TPSA) is 60.7 Å². The molecule has 0 fully saturated rings. The zero-order valence-electron chi connectivity index (χ0n) is 8.99. The van der Waals surface area contributed by atoms with E-state index in [1.54, 1.807) is 13.8 Å². The van der Waals surface area contributed by atoms with E-state index in [2.05, 4.69) is 0 Å². The van der Waals surface area contributed by atoms with Crippen molar-refractivity contribution in [3.8, 4) is 0 Å². The van der Waals surface area contributed by atoms with E-state index in [9.17, 15) is 15.3 Å². The molecule has 3 atom stereocenters. The zero-order valence-corrected chi connectivity index (χ0v) is 8.99. The number of hydrogen-bond acceptors (Lipinski definition) is 3. The molecule has 0 aromatic carbocycles. The molecule has 0 aliphatic heterocycles. The Labute approximate surface area is 80.4 Å². The Morgan fingerprint density at radius 3 is 2.00 bits per heavy atom. The van der Waals surface area contributed by atoms with Crippen LogP contribution in [-0.4, -0.2) is 33.1 Å². The van der Waals surface area contributed by atoms with Crippen molar-refractivity contribution in [1.29, 1.82) is 0 Å². The monoisotopic (exact) mass is 190 g/mol. The molecule has 3 N–H and O–H groups in total. The molecule has 0 heterocycles. The lowest BCUT2D eigenvalue weighted by Crippen LogP contribution is -2.47. The molecule has 0 aromatic rings. The van der Waals surface area contributed by atoms with Crippen LogP contribution >= 0.6 is 0 Å². The van der Waals surface area contributed by atoms with Gasteiger partial charge in [-0.25, -0.2) is 0 Å². The summed E-state index contributed by atoms with van der Waals surface area (Å²) in [4.78, 5) is 0. The molecule has 80 valence electrons. The van der Waals surface area contributed by atoms with Gasteiger partial charge >= 0.3 is 0 Å². The van der Waals surface area contributed by atoms with Crippen LogP contribution < -0.4 is 0 Å². The standard InChI is InChI=1S/C10H22O3/c1-5-8(11)9(12)10(4,13)6-7(2)3/h7-9,11-13H,5-6H2,1-4H3. The van der Waals surface area contributed by atoms with Crippen LogP contribution in [0.2, 0.25) is 0 Å². The SMILES string of the molecule is CCC(O)C(O)C(C)(O)CC(C)C. The molecule has 3 nitrogen and oxygen atoms in total. The smallest absolute Gasteiger partial charge is 0.108 e. The number of hydrogen-bond donors (Lipinski definition) is 3. The molecular formula is C10H22O3. The van der Waals surface area contributed by atoms with Crippen molar-refractivity contribution in [2.24, 2.45) is 5.92 Å². The quantitative estimate of drug-likeness (QED) is 0.604. The molecule has 0 saturated carbocycles. The normalized spacial score (nSPS) is 21.2. The Bertz CT molecular complexity index is 143. The molecule has 0 saturated heterocycles. The molecule has 0 aromatic heterocycles. The van der Waals surface area contributed by atoms with E-state index in [1.165, 1.54) is 0 Å². The third-order valence-corrected chi connectivity index (χ3v) is 2.24. The van der Waals surface area contributed by atoms with Gasteiger partial charge in [-0.05, 0) is 25.7 Å². The highest BCUT2D eigenvalue weighted by Crippen LogP contribution is 2.23. The van der Waals surface area contributed by atoms with Crippen LogP contribution in [0, 0.1) is 5.92 Å². The lowest BCUT2D eigenvalue weighted by atomic mass is 9.86.